The van der Waals surface area contributed by atoms with Gasteiger partial charge in [0.2, 0.25) is 0 Å². The van der Waals surface area contributed by atoms with Crippen LogP contribution in [0.5, 0.6) is 0 Å². The zero-order chi connectivity index (χ0) is 12.6. The van der Waals surface area contributed by atoms with Gasteiger partial charge in [0.15, 0.2) is 0 Å². The van der Waals surface area contributed by atoms with Gasteiger partial charge in [0, 0.05) is 4.83 Å². The lowest BCUT2D eigenvalue weighted by Crippen LogP contribution is -2.21. The van der Waals surface area contributed by atoms with Gasteiger partial charge in [-0.3, -0.25) is 0 Å². The predicted octanol–water partition coefficient (Wildman–Crippen LogP) is 5.57. The van der Waals surface area contributed by atoms with Gasteiger partial charge < -0.3 is 0 Å². The van der Waals surface area contributed by atoms with E-state index in [1.54, 1.807) is 0 Å². The molecule has 1 saturated carbocycles. The quantitative estimate of drug-likeness (QED) is 0.626. The summed E-state index contributed by atoms with van der Waals surface area (Å²) >= 11 is 3.95. The van der Waals surface area contributed by atoms with Gasteiger partial charge in [0.25, 0.3) is 0 Å². The van der Waals surface area contributed by atoms with Crippen LogP contribution in [-0.4, -0.2) is 0 Å². The van der Waals surface area contributed by atoms with Crippen LogP contribution in [0.25, 0.3) is 0 Å². The van der Waals surface area contributed by atoms with Crippen LogP contribution in [0, 0.1) is 25.2 Å². The molecular weight excluding hydrogens is 272 g/mol. The van der Waals surface area contributed by atoms with Gasteiger partial charge in [0.1, 0.15) is 0 Å². The maximum absolute atomic E-state index is 3.95. The number of hydrogen-bond acceptors (Lipinski definition) is 0. The zero-order valence-corrected chi connectivity index (χ0v) is 13.0. The summed E-state index contributed by atoms with van der Waals surface area (Å²) in [5, 5.41) is 0. The van der Waals surface area contributed by atoms with E-state index in [4.69, 9.17) is 0 Å². The summed E-state index contributed by atoms with van der Waals surface area (Å²) in [6.07, 6.45) is 4.10. The molecule has 1 aromatic rings. The van der Waals surface area contributed by atoms with E-state index < -0.39 is 0 Å². The van der Waals surface area contributed by atoms with E-state index in [1.807, 2.05) is 0 Å². The molecule has 0 nitrogen and oxygen atoms in total. The molecule has 0 aliphatic heterocycles. The van der Waals surface area contributed by atoms with Crippen LogP contribution in [0.3, 0.4) is 0 Å². The molecule has 94 valence electrons. The molecule has 1 aromatic carbocycles. The first-order valence-electron chi connectivity index (χ1n) is 6.63. The third-order valence-electron chi connectivity index (χ3n) is 4.54. The Morgan fingerprint density at radius 3 is 2.47 bits per heavy atom. The number of benzene rings is 1. The summed E-state index contributed by atoms with van der Waals surface area (Å²) in [6, 6.07) is 6.89. The smallest absolute Gasteiger partial charge is 0.0428 e. The number of halogens is 1. The highest BCUT2D eigenvalue weighted by molar-refractivity contribution is 9.09. The Morgan fingerprint density at radius 1 is 1.24 bits per heavy atom. The molecule has 2 unspecified atom stereocenters. The summed E-state index contributed by atoms with van der Waals surface area (Å²) < 4.78 is 0. The molecule has 0 saturated heterocycles. The van der Waals surface area contributed by atoms with Crippen molar-refractivity contribution in [3.63, 3.8) is 0 Å². The number of aryl methyl sites for hydroxylation is 2. The molecule has 1 aliphatic rings. The second kappa shape index (κ2) is 4.76. The van der Waals surface area contributed by atoms with E-state index in [1.165, 1.54) is 36.0 Å². The Labute approximate surface area is 114 Å². The average Bonchev–Trinajstić information content (AvgIpc) is 2.61. The molecular formula is C16H23Br. The summed E-state index contributed by atoms with van der Waals surface area (Å²) in [6.45, 7) is 9.22. The molecule has 0 aromatic heterocycles. The Morgan fingerprint density at radius 2 is 1.94 bits per heavy atom. The van der Waals surface area contributed by atoms with Crippen molar-refractivity contribution in [3.05, 3.63) is 34.9 Å². The van der Waals surface area contributed by atoms with Crippen LogP contribution < -0.4 is 0 Å². The monoisotopic (exact) mass is 294 g/mol. The summed E-state index contributed by atoms with van der Waals surface area (Å²) in [5.74, 6) is 0.768. The summed E-state index contributed by atoms with van der Waals surface area (Å²) in [4.78, 5) is 0.513. The average molecular weight is 295 g/mol. The van der Waals surface area contributed by atoms with Crippen molar-refractivity contribution in [1.82, 2.24) is 0 Å². The molecule has 1 aliphatic carbocycles. The third kappa shape index (κ3) is 2.59. The molecule has 1 fully saturated rings. The van der Waals surface area contributed by atoms with Crippen molar-refractivity contribution in [2.45, 2.75) is 51.8 Å². The first kappa shape index (κ1) is 13.1. The van der Waals surface area contributed by atoms with Gasteiger partial charge in [-0.25, -0.2) is 0 Å². The molecule has 17 heavy (non-hydrogen) atoms. The van der Waals surface area contributed by atoms with Crippen molar-refractivity contribution in [1.29, 1.82) is 0 Å². The van der Waals surface area contributed by atoms with Crippen LogP contribution in [0.4, 0.5) is 0 Å². The lowest BCUT2D eigenvalue weighted by Gasteiger charge is -2.31. The van der Waals surface area contributed by atoms with Crippen LogP contribution in [0.1, 0.15) is 54.6 Å². The van der Waals surface area contributed by atoms with Crippen molar-refractivity contribution < 1.29 is 0 Å². The Bertz CT molecular complexity index is 406. The molecule has 2 atom stereocenters. The van der Waals surface area contributed by atoms with Crippen LogP contribution >= 0.6 is 15.9 Å². The summed E-state index contributed by atoms with van der Waals surface area (Å²) in [5.41, 5.74) is 4.72. The van der Waals surface area contributed by atoms with Gasteiger partial charge in [-0.05, 0) is 54.7 Å². The fourth-order valence-corrected chi connectivity index (χ4v) is 4.33. The lowest BCUT2D eigenvalue weighted by molar-refractivity contribution is 0.257. The minimum atomic E-state index is 0.479. The van der Waals surface area contributed by atoms with Crippen molar-refractivity contribution in [2.75, 3.05) is 0 Å². The van der Waals surface area contributed by atoms with E-state index in [0.29, 0.717) is 10.2 Å². The molecule has 0 amide bonds. The summed E-state index contributed by atoms with van der Waals surface area (Å²) in [7, 11) is 0. The van der Waals surface area contributed by atoms with E-state index in [2.05, 4.69) is 61.8 Å². The van der Waals surface area contributed by atoms with E-state index in [-0.39, 0.29) is 0 Å². The van der Waals surface area contributed by atoms with Crippen molar-refractivity contribution in [3.8, 4) is 0 Å². The van der Waals surface area contributed by atoms with Gasteiger partial charge >= 0.3 is 0 Å². The minimum Gasteiger partial charge on any atom is -0.0836 e. The Hall–Kier alpha value is -0.300. The molecule has 0 bridgehead atoms. The first-order chi connectivity index (χ1) is 7.92. The van der Waals surface area contributed by atoms with E-state index in [9.17, 15) is 0 Å². The standard InChI is InChI=1S/C16H23Br/c1-11-7-8-13(10-12(11)2)15(17)14-6-5-9-16(14,3)4/h7-8,10,14-15H,5-6,9H2,1-4H3. The third-order valence-corrected chi connectivity index (χ3v) is 5.71. The fraction of sp³-hybridized carbons (Fsp3) is 0.625. The normalized spacial score (nSPS) is 24.9. The number of alkyl halides is 1. The SMILES string of the molecule is Cc1ccc(C(Br)C2CCCC2(C)C)cc1C. The largest absolute Gasteiger partial charge is 0.0836 e. The maximum Gasteiger partial charge on any atom is 0.0428 e. The Kier molecular flexibility index (Phi) is 3.68. The van der Waals surface area contributed by atoms with Gasteiger partial charge in [0.05, 0.1) is 0 Å². The van der Waals surface area contributed by atoms with Crippen LogP contribution in [0.15, 0.2) is 18.2 Å². The van der Waals surface area contributed by atoms with Gasteiger partial charge in [-0.2, -0.15) is 0 Å². The van der Waals surface area contributed by atoms with E-state index >= 15 is 0 Å². The number of hydrogen-bond donors (Lipinski definition) is 0. The highest BCUT2D eigenvalue weighted by Crippen LogP contribution is 2.51. The fourth-order valence-electron chi connectivity index (χ4n) is 3.06. The van der Waals surface area contributed by atoms with Gasteiger partial charge in [-0.15, -0.1) is 0 Å². The Balaban J connectivity index is 2.25. The molecule has 0 heterocycles. The molecule has 2 rings (SSSR count). The highest BCUT2D eigenvalue weighted by Gasteiger charge is 2.39. The first-order valence-corrected chi connectivity index (χ1v) is 7.54. The second-order valence-electron chi connectivity index (χ2n) is 6.23. The molecule has 0 spiro atoms. The van der Waals surface area contributed by atoms with Crippen molar-refractivity contribution in [2.24, 2.45) is 11.3 Å². The highest BCUT2D eigenvalue weighted by atomic mass is 79.9. The molecule has 1 heteroatoms. The molecule has 0 radical (unpaired) electrons. The topological polar surface area (TPSA) is 0 Å². The number of rotatable bonds is 2. The van der Waals surface area contributed by atoms with Crippen LogP contribution in [0.2, 0.25) is 0 Å². The minimum absolute atomic E-state index is 0.479. The maximum atomic E-state index is 3.95. The lowest BCUT2D eigenvalue weighted by atomic mass is 9.78. The van der Waals surface area contributed by atoms with Gasteiger partial charge in [-0.1, -0.05) is 54.4 Å². The second-order valence-corrected chi connectivity index (χ2v) is 7.22. The van der Waals surface area contributed by atoms with E-state index in [0.717, 1.165) is 5.92 Å². The van der Waals surface area contributed by atoms with Crippen LogP contribution in [-0.2, 0) is 0 Å². The molecule has 0 N–H and O–H groups in total. The zero-order valence-electron chi connectivity index (χ0n) is 11.4. The van der Waals surface area contributed by atoms with Crippen molar-refractivity contribution >= 4 is 15.9 Å². The predicted molar refractivity (Wildman–Crippen MR) is 78.7 cm³/mol.